The smallest absolute Gasteiger partial charge is 0.338 e. The molecular formula is C28H29ClN2O5S. The van der Waals surface area contributed by atoms with Crippen molar-refractivity contribution >= 4 is 35.0 Å². The molecule has 194 valence electrons. The van der Waals surface area contributed by atoms with Gasteiger partial charge in [-0.25, -0.2) is 9.79 Å². The van der Waals surface area contributed by atoms with E-state index in [-0.39, 0.29) is 11.7 Å². The Labute approximate surface area is 224 Å². The lowest BCUT2D eigenvalue weighted by molar-refractivity contribution is -0.136. The van der Waals surface area contributed by atoms with Gasteiger partial charge in [0, 0.05) is 0 Å². The molecule has 0 saturated carbocycles. The zero-order valence-electron chi connectivity index (χ0n) is 21.4. The van der Waals surface area contributed by atoms with Crippen LogP contribution in [0.4, 0.5) is 0 Å². The number of benzene rings is 2. The zero-order valence-corrected chi connectivity index (χ0v) is 23.0. The Morgan fingerprint density at radius 3 is 2.57 bits per heavy atom. The quantitative estimate of drug-likeness (QED) is 0.389. The van der Waals surface area contributed by atoms with Gasteiger partial charge in [-0.3, -0.25) is 9.36 Å². The van der Waals surface area contributed by atoms with Crippen LogP contribution in [0, 0.1) is 0 Å². The summed E-state index contributed by atoms with van der Waals surface area (Å²) >= 11 is 7.81. The lowest BCUT2D eigenvalue weighted by Crippen LogP contribution is -2.40. The number of thiazole rings is 1. The van der Waals surface area contributed by atoms with Crippen LogP contribution in [0.3, 0.4) is 0 Å². The second kappa shape index (κ2) is 11.4. The normalized spacial score (nSPS) is 16.2. The maximum Gasteiger partial charge on any atom is 0.338 e. The largest absolute Gasteiger partial charge is 0.493 e. The van der Waals surface area contributed by atoms with Crippen molar-refractivity contribution in [1.29, 1.82) is 0 Å². The number of halogens is 1. The lowest BCUT2D eigenvalue weighted by Gasteiger charge is -2.25. The molecule has 3 aromatic rings. The van der Waals surface area contributed by atoms with Crippen LogP contribution in [0.2, 0.25) is 5.02 Å². The molecule has 1 aromatic heterocycles. The van der Waals surface area contributed by atoms with E-state index in [1.165, 1.54) is 18.4 Å². The van der Waals surface area contributed by atoms with Gasteiger partial charge in [-0.15, -0.1) is 0 Å². The predicted octanol–water partition coefficient (Wildman–Crippen LogP) is 4.64. The standard InChI is InChI=1S/C28H29ClN2O5S/c1-6-16(3)36-25-19(29)13-17(14-21(25)34-4)15-22-26(32)31-24(18-11-9-8-10-12-18)23(27(33)35-5)20(7-2)30-28(31)37-22/h8-16,24H,6-7H2,1-5H3/b22-15-/t16-,24+/m0/s1. The molecule has 9 heteroatoms. The average Bonchev–Trinajstić information content (AvgIpc) is 3.22. The fourth-order valence-corrected chi connectivity index (χ4v) is 5.47. The maximum atomic E-state index is 13.8. The van der Waals surface area contributed by atoms with Crippen LogP contribution in [0.15, 0.2) is 63.5 Å². The van der Waals surface area contributed by atoms with E-state index in [1.807, 2.05) is 51.1 Å². The molecule has 0 radical (unpaired) electrons. The Kier molecular flexibility index (Phi) is 8.19. The van der Waals surface area contributed by atoms with Crippen LogP contribution >= 0.6 is 22.9 Å². The first-order chi connectivity index (χ1) is 17.8. The molecule has 37 heavy (non-hydrogen) atoms. The monoisotopic (exact) mass is 540 g/mol. The topological polar surface area (TPSA) is 79.1 Å². The van der Waals surface area contributed by atoms with E-state index in [0.717, 1.165) is 12.0 Å². The van der Waals surface area contributed by atoms with Crippen molar-refractivity contribution in [3.05, 3.63) is 89.6 Å². The summed E-state index contributed by atoms with van der Waals surface area (Å²) in [4.78, 5) is 31.8. The van der Waals surface area contributed by atoms with E-state index in [4.69, 9.17) is 30.8 Å². The lowest BCUT2D eigenvalue weighted by atomic mass is 9.95. The number of aromatic nitrogens is 1. The van der Waals surface area contributed by atoms with Gasteiger partial charge in [-0.05, 0) is 49.1 Å². The van der Waals surface area contributed by atoms with Crippen molar-refractivity contribution in [2.24, 2.45) is 4.99 Å². The Bertz CT molecular complexity index is 1520. The molecule has 4 rings (SSSR count). The van der Waals surface area contributed by atoms with Crippen LogP contribution in [0.1, 0.15) is 50.8 Å². The first-order valence-corrected chi connectivity index (χ1v) is 13.2. The fraction of sp³-hybridized carbons (Fsp3) is 0.321. The molecule has 0 amide bonds. The van der Waals surface area contributed by atoms with Gasteiger partial charge in [0.15, 0.2) is 16.3 Å². The van der Waals surface area contributed by atoms with Crippen LogP contribution in [-0.2, 0) is 9.53 Å². The summed E-state index contributed by atoms with van der Waals surface area (Å²) in [6.07, 6.45) is 3.05. The van der Waals surface area contributed by atoms with E-state index in [2.05, 4.69) is 0 Å². The number of hydrogen-bond acceptors (Lipinski definition) is 7. The zero-order chi connectivity index (χ0) is 26.7. The molecule has 0 fully saturated rings. The summed E-state index contributed by atoms with van der Waals surface area (Å²) in [7, 11) is 2.88. The number of allylic oxidation sites excluding steroid dienone is 1. The molecule has 0 bridgehead atoms. The van der Waals surface area contributed by atoms with Crippen LogP contribution in [0.5, 0.6) is 11.5 Å². The van der Waals surface area contributed by atoms with E-state index in [0.29, 0.717) is 49.1 Å². The van der Waals surface area contributed by atoms with Crippen molar-refractivity contribution in [2.75, 3.05) is 14.2 Å². The third kappa shape index (κ3) is 5.22. The molecule has 2 heterocycles. The van der Waals surface area contributed by atoms with Crippen molar-refractivity contribution in [3.63, 3.8) is 0 Å². The van der Waals surface area contributed by atoms with Crippen molar-refractivity contribution in [1.82, 2.24) is 4.57 Å². The minimum atomic E-state index is -0.647. The third-order valence-electron chi connectivity index (χ3n) is 6.21. The average molecular weight is 541 g/mol. The molecule has 0 N–H and O–H groups in total. The van der Waals surface area contributed by atoms with Gasteiger partial charge in [0.1, 0.15) is 0 Å². The molecule has 2 atom stereocenters. The SMILES string of the molecule is CCC1=C(C(=O)OC)[C@@H](c2ccccc2)n2c(s/c(=C\c3cc(Cl)c(O[C@@H](C)CC)c(OC)c3)c2=O)=N1. The summed E-state index contributed by atoms with van der Waals surface area (Å²) in [5.41, 5.74) is 2.19. The number of carbonyl (C=O) groups excluding carboxylic acids is 1. The van der Waals surface area contributed by atoms with E-state index >= 15 is 0 Å². The third-order valence-corrected chi connectivity index (χ3v) is 7.47. The van der Waals surface area contributed by atoms with Gasteiger partial charge >= 0.3 is 5.97 Å². The first-order valence-electron chi connectivity index (χ1n) is 12.0. The molecule has 0 spiro atoms. The van der Waals surface area contributed by atoms with Gasteiger partial charge in [0.05, 0.1) is 47.2 Å². The fourth-order valence-electron chi connectivity index (χ4n) is 4.19. The Morgan fingerprint density at radius 2 is 1.95 bits per heavy atom. The number of methoxy groups -OCH3 is 2. The van der Waals surface area contributed by atoms with Crippen LogP contribution in [0.25, 0.3) is 6.08 Å². The Balaban J connectivity index is 1.91. The van der Waals surface area contributed by atoms with Gasteiger partial charge in [-0.1, -0.05) is 67.1 Å². The summed E-state index contributed by atoms with van der Waals surface area (Å²) in [5, 5.41) is 0.391. The van der Waals surface area contributed by atoms with Gasteiger partial charge in [0.2, 0.25) is 0 Å². The predicted molar refractivity (Wildman–Crippen MR) is 145 cm³/mol. The number of nitrogens with zero attached hydrogens (tertiary/aromatic N) is 2. The Hall–Kier alpha value is -3.36. The van der Waals surface area contributed by atoms with Gasteiger partial charge < -0.3 is 14.2 Å². The molecule has 2 aromatic carbocycles. The number of carbonyl (C=O) groups is 1. The van der Waals surface area contributed by atoms with Crippen LogP contribution < -0.4 is 24.4 Å². The summed E-state index contributed by atoms with van der Waals surface area (Å²) < 4.78 is 18.6. The van der Waals surface area contributed by atoms with E-state index in [9.17, 15) is 9.59 Å². The number of hydrogen-bond donors (Lipinski definition) is 0. The number of ether oxygens (including phenoxy) is 3. The second-order valence-corrected chi connectivity index (χ2v) is 9.99. The molecule has 0 unspecified atom stereocenters. The summed E-state index contributed by atoms with van der Waals surface area (Å²) in [6.45, 7) is 5.91. The number of rotatable bonds is 8. The van der Waals surface area contributed by atoms with Crippen LogP contribution in [-0.4, -0.2) is 30.9 Å². The maximum absolute atomic E-state index is 13.8. The van der Waals surface area contributed by atoms with Crippen molar-refractivity contribution in [2.45, 2.75) is 45.8 Å². The molecule has 1 aliphatic heterocycles. The molecular weight excluding hydrogens is 512 g/mol. The molecule has 0 saturated heterocycles. The van der Waals surface area contributed by atoms with Gasteiger partial charge in [-0.2, -0.15) is 0 Å². The van der Waals surface area contributed by atoms with E-state index in [1.54, 1.807) is 29.9 Å². The molecule has 1 aliphatic rings. The van der Waals surface area contributed by atoms with Crippen molar-refractivity contribution in [3.8, 4) is 11.5 Å². The Morgan fingerprint density at radius 1 is 1.22 bits per heavy atom. The highest BCUT2D eigenvalue weighted by Gasteiger charge is 2.33. The van der Waals surface area contributed by atoms with Crippen molar-refractivity contribution < 1.29 is 19.0 Å². The highest BCUT2D eigenvalue weighted by molar-refractivity contribution is 7.07. The first kappa shape index (κ1) is 26.7. The molecule has 0 aliphatic carbocycles. The number of esters is 1. The minimum Gasteiger partial charge on any atom is -0.493 e. The number of fused-ring (bicyclic) bond motifs is 1. The minimum absolute atomic E-state index is 0.0318. The summed E-state index contributed by atoms with van der Waals surface area (Å²) in [5.74, 6) is 0.448. The second-order valence-electron chi connectivity index (χ2n) is 8.57. The highest BCUT2D eigenvalue weighted by atomic mass is 35.5. The van der Waals surface area contributed by atoms with E-state index < -0.39 is 12.0 Å². The molecule has 7 nitrogen and oxygen atoms in total. The highest BCUT2D eigenvalue weighted by Crippen LogP contribution is 2.37. The summed E-state index contributed by atoms with van der Waals surface area (Å²) in [6, 6.07) is 12.3. The van der Waals surface area contributed by atoms with Gasteiger partial charge in [0.25, 0.3) is 5.56 Å².